The summed E-state index contributed by atoms with van der Waals surface area (Å²) in [4.78, 5) is 26.8. The van der Waals surface area contributed by atoms with Crippen molar-refractivity contribution in [2.75, 3.05) is 25.0 Å². The fraction of sp³-hybridized carbons (Fsp3) is 0.364. The Balaban J connectivity index is 1.40. The summed E-state index contributed by atoms with van der Waals surface area (Å²) in [6.07, 6.45) is 0.871. The number of para-hydroxylation sites is 1. The number of amides is 2. The highest BCUT2D eigenvalue weighted by Crippen LogP contribution is 2.28. The van der Waals surface area contributed by atoms with Crippen LogP contribution >= 0.6 is 23.2 Å². The van der Waals surface area contributed by atoms with E-state index in [1.807, 2.05) is 30.3 Å². The van der Waals surface area contributed by atoms with Gasteiger partial charge in [-0.2, -0.15) is 0 Å². The van der Waals surface area contributed by atoms with Crippen LogP contribution in [0.4, 0.5) is 5.69 Å². The van der Waals surface area contributed by atoms with Gasteiger partial charge in [-0.15, -0.1) is 0 Å². The zero-order valence-corrected chi connectivity index (χ0v) is 18.2. The second-order valence-corrected chi connectivity index (χ2v) is 8.15. The molecule has 2 amide bonds. The number of anilines is 1. The highest BCUT2D eigenvalue weighted by molar-refractivity contribution is 6.35. The molecule has 1 aliphatic rings. The fourth-order valence-electron chi connectivity index (χ4n) is 3.29. The zero-order valence-electron chi connectivity index (χ0n) is 16.7. The Morgan fingerprint density at radius 3 is 2.50 bits per heavy atom. The molecule has 6 nitrogen and oxygen atoms in total. The smallest absolute Gasteiger partial charge is 0.260 e. The minimum atomic E-state index is -0.682. The lowest BCUT2D eigenvalue weighted by atomic mass is 10.0. The van der Waals surface area contributed by atoms with Gasteiger partial charge in [0.1, 0.15) is 5.75 Å². The number of carbonyl (C=O) groups excluding carboxylic acids is 2. The second-order valence-electron chi connectivity index (χ2n) is 7.31. The summed E-state index contributed by atoms with van der Waals surface area (Å²) in [5.41, 5.74) is 0.791. The van der Waals surface area contributed by atoms with E-state index in [-0.39, 0.29) is 17.9 Å². The molecule has 1 saturated heterocycles. The van der Waals surface area contributed by atoms with Gasteiger partial charge in [0.2, 0.25) is 5.91 Å². The van der Waals surface area contributed by atoms with Gasteiger partial charge >= 0.3 is 0 Å². The Hall–Kier alpha value is -2.28. The molecular formula is C22H25Cl2N3O3. The Kier molecular flexibility index (Phi) is 7.96. The number of nitrogens with zero attached hydrogens (tertiary/aromatic N) is 1. The van der Waals surface area contributed by atoms with Crippen LogP contribution < -0.4 is 15.4 Å². The first-order valence-corrected chi connectivity index (χ1v) is 10.7. The summed E-state index contributed by atoms with van der Waals surface area (Å²) in [6.45, 7) is 3.50. The summed E-state index contributed by atoms with van der Waals surface area (Å²) in [6, 6.07) is 14.3. The van der Waals surface area contributed by atoms with Crippen LogP contribution in [-0.4, -0.2) is 48.5 Å². The number of likely N-dealkylation sites (tertiary alicyclic amines) is 1. The number of halogens is 2. The first-order valence-electron chi connectivity index (χ1n) is 9.90. The molecule has 1 heterocycles. The van der Waals surface area contributed by atoms with Gasteiger partial charge in [-0.3, -0.25) is 14.5 Å². The number of ether oxygens (including phenoxy) is 1. The molecule has 2 N–H and O–H groups in total. The third kappa shape index (κ3) is 6.62. The Labute approximate surface area is 186 Å². The molecule has 0 aromatic heterocycles. The number of benzene rings is 2. The normalized spacial score (nSPS) is 16.0. The second kappa shape index (κ2) is 10.7. The van der Waals surface area contributed by atoms with E-state index >= 15 is 0 Å². The van der Waals surface area contributed by atoms with Crippen molar-refractivity contribution >= 4 is 40.7 Å². The van der Waals surface area contributed by atoms with Crippen molar-refractivity contribution in [3.05, 3.63) is 58.6 Å². The lowest BCUT2D eigenvalue weighted by Gasteiger charge is -2.32. The SMILES string of the molecule is CC(Oc1ccc(Cl)cc1Cl)C(=O)NC1CCN(CC(=O)Nc2ccccc2)CC1. The van der Waals surface area contributed by atoms with E-state index in [4.69, 9.17) is 27.9 Å². The molecule has 0 radical (unpaired) electrons. The average molecular weight is 450 g/mol. The van der Waals surface area contributed by atoms with Crippen molar-refractivity contribution in [1.82, 2.24) is 10.2 Å². The number of hydrogen-bond donors (Lipinski definition) is 2. The van der Waals surface area contributed by atoms with Gasteiger partial charge in [-0.1, -0.05) is 41.4 Å². The largest absolute Gasteiger partial charge is 0.479 e. The van der Waals surface area contributed by atoms with E-state index in [1.165, 1.54) is 0 Å². The van der Waals surface area contributed by atoms with E-state index in [0.717, 1.165) is 31.6 Å². The summed E-state index contributed by atoms with van der Waals surface area (Å²) in [5.74, 6) is 0.190. The summed E-state index contributed by atoms with van der Waals surface area (Å²) in [5, 5.41) is 6.79. The minimum Gasteiger partial charge on any atom is -0.479 e. The highest BCUT2D eigenvalue weighted by Gasteiger charge is 2.25. The Morgan fingerprint density at radius 1 is 1.13 bits per heavy atom. The lowest BCUT2D eigenvalue weighted by Crippen LogP contribution is -2.49. The van der Waals surface area contributed by atoms with Crippen LogP contribution in [0.2, 0.25) is 10.0 Å². The first-order chi connectivity index (χ1) is 14.4. The maximum Gasteiger partial charge on any atom is 0.260 e. The van der Waals surface area contributed by atoms with Gasteiger partial charge in [0.15, 0.2) is 6.10 Å². The van der Waals surface area contributed by atoms with Crippen LogP contribution in [0.3, 0.4) is 0 Å². The van der Waals surface area contributed by atoms with Gasteiger partial charge in [-0.25, -0.2) is 0 Å². The van der Waals surface area contributed by atoms with E-state index in [9.17, 15) is 9.59 Å². The minimum absolute atomic E-state index is 0.0365. The molecule has 0 saturated carbocycles. The highest BCUT2D eigenvalue weighted by atomic mass is 35.5. The number of piperidine rings is 1. The van der Waals surface area contributed by atoms with Gasteiger partial charge in [0.05, 0.1) is 11.6 Å². The van der Waals surface area contributed by atoms with E-state index in [0.29, 0.717) is 22.3 Å². The Morgan fingerprint density at radius 2 is 1.83 bits per heavy atom. The zero-order chi connectivity index (χ0) is 21.5. The lowest BCUT2D eigenvalue weighted by molar-refractivity contribution is -0.128. The molecule has 1 unspecified atom stereocenters. The van der Waals surface area contributed by atoms with Crippen molar-refractivity contribution in [3.63, 3.8) is 0 Å². The molecule has 1 atom stereocenters. The molecular weight excluding hydrogens is 425 g/mol. The third-order valence-electron chi connectivity index (χ3n) is 4.93. The van der Waals surface area contributed by atoms with Gasteiger partial charge in [0, 0.05) is 29.8 Å². The molecule has 30 heavy (non-hydrogen) atoms. The maximum atomic E-state index is 12.5. The maximum absolute atomic E-state index is 12.5. The summed E-state index contributed by atoms with van der Waals surface area (Å²) < 4.78 is 5.67. The molecule has 8 heteroatoms. The molecule has 3 rings (SSSR count). The average Bonchev–Trinajstić information content (AvgIpc) is 2.72. The van der Waals surface area contributed by atoms with Crippen molar-refractivity contribution in [3.8, 4) is 5.75 Å². The molecule has 2 aromatic rings. The third-order valence-corrected chi connectivity index (χ3v) is 5.46. The van der Waals surface area contributed by atoms with Crippen molar-refractivity contribution in [1.29, 1.82) is 0 Å². The van der Waals surface area contributed by atoms with Crippen molar-refractivity contribution in [2.24, 2.45) is 0 Å². The van der Waals surface area contributed by atoms with Crippen LogP contribution in [0.15, 0.2) is 48.5 Å². The number of nitrogens with one attached hydrogen (secondary N) is 2. The predicted molar refractivity (Wildman–Crippen MR) is 119 cm³/mol. The molecule has 160 valence electrons. The molecule has 1 fully saturated rings. The Bertz CT molecular complexity index is 871. The van der Waals surface area contributed by atoms with E-state index < -0.39 is 6.10 Å². The van der Waals surface area contributed by atoms with Crippen LogP contribution in [0, 0.1) is 0 Å². The fourth-order valence-corrected chi connectivity index (χ4v) is 3.75. The van der Waals surface area contributed by atoms with Gasteiger partial charge < -0.3 is 15.4 Å². The number of rotatable bonds is 7. The monoisotopic (exact) mass is 449 g/mol. The standard InChI is InChI=1S/C22H25Cl2N3O3/c1-15(30-20-8-7-16(23)13-19(20)24)22(29)26-18-9-11-27(12-10-18)14-21(28)25-17-5-3-2-4-6-17/h2-8,13,15,18H,9-12,14H2,1H3,(H,25,28)(H,26,29). The van der Waals surface area contributed by atoms with Crippen LogP contribution in [0.5, 0.6) is 5.75 Å². The van der Waals surface area contributed by atoms with E-state index in [1.54, 1.807) is 25.1 Å². The first kappa shape index (κ1) is 22.4. The molecule has 1 aliphatic heterocycles. The topological polar surface area (TPSA) is 70.7 Å². The molecule has 0 aliphatic carbocycles. The molecule has 0 bridgehead atoms. The summed E-state index contributed by atoms with van der Waals surface area (Å²) in [7, 11) is 0. The van der Waals surface area contributed by atoms with Crippen LogP contribution in [-0.2, 0) is 9.59 Å². The quantitative estimate of drug-likeness (QED) is 0.670. The molecule has 2 aromatic carbocycles. The van der Waals surface area contributed by atoms with Crippen molar-refractivity contribution in [2.45, 2.75) is 31.9 Å². The van der Waals surface area contributed by atoms with Crippen LogP contribution in [0.1, 0.15) is 19.8 Å². The number of carbonyl (C=O) groups is 2. The van der Waals surface area contributed by atoms with Crippen LogP contribution in [0.25, 0.3) is 0 Å². The van der Waals surface area contributed by atoms with Gasteiger partial charge in [-0.05, 0) is 50.1 Å². The van der Waals surface area contributed by atoms with Crippen molar-refractivity contribution < 1.29 is 14.3 Å². The van der Waals surface area contributed by atoms with E-state index in [2.05, 4.69) is 15.5 Å². The van der Waals surface area contributed by atoms with Gasteiger partial charge in [0.25, 0.3) is 5.91 Å². The number of hydrogen-bond acceptors (Lipinski definition) is 4. The summed E-state index contributed by atoms with van der Waals surface area (Å²) >= 11 is 12.0. The molecule has 0 spiro atoms. The predicted octanol–water partition coefficient (Wildman–Crippen LogP) is 3.98.